The molecule has 1 heterocycles. The predicted octanol–water partition coefficient (Wildman–Crippen LogP) is 2.55. The Morgan fingerprint density at radius 2 is 1.81 bits per heavy atom. The molecule has 2 amide bonds. The zero-order chi connectivity index (χ0) is 18.2. The first kappa shape index (κ1) is 16.1. The van der Waals surface area contributed by atoms with Crippen molar-refractivity contribution in [2.24, 2.45) is 40.6 Å². The van der Waals surface area contributed by atoms with Gasteiger partial charge in [-0.2, -0.15) is 10.1 Å². The molecule has 134 valence electrons. The quantitative estimate of drug-likeness (QED) is 0.466. The Hall–Kier alpha value is -2.15. The van der Waals surface area contributed by atoms with Crippen molar-refractivity contribution in [3.63, 3.8) is 0 Å². The molecule has 1 aromatic rings. The Bertz CT molecular complexity index is 860. The number of aromatic hydroxyl groups is 1. The van der Waals surface area contributed by atoms with E-state index < -0.39 is 0 Å². The Morgan fingerprint density at radius 1 is 1.19 bits per heavy atom. The summed E-state index contributed by atoms with van der Waals surface area (Å²) in [5.41, 5.74) is 0.617. The first-order valence-corrected chi connectivity index (χ1v) is 9.47. The number of benzene rings is 1. The number of halogens is 1. The molecule has 6 rings (SSSR count). The lowest BCUT2D eigenvalue weighted by Gasteiger charge is -2.37. The van der Waals surface area contributed by atoms with Gasteiger partial charge in [0, 0.05) is 0 Å². The molecule has 0 unspecified atom stereocenters. The number of allylic oxidation sites excluding steroid dienone is 2. The Labute approximate surface area is 158 Å². The van der Waals surface area contributed by atoms with Crippen molar-refractivity contribution in [1.82, 2.24) is 5.01 Å². The molecule has 26 heavy (non-hydrogen) atoms. The fraction of sp³-hybridized carbons (Fsp3) is 0.421. The Morgan fingerprint density at radius 3 is 2.38 bits per heavy atom. The molecule has 7 heteroatoms. The maximum absolute atomic E-state index is 12.9. The molecule has 6 nitrogen and oxygen atoms in total. The van der Waals surface area contributed by atoms with Gasteiger partial charge in [-0.3, -0.25) is 9.59 Å². The molecule has 0 radical (unpaired) electrons. The minimum atomic E-state index is -0.250. The van der Waals surface area contributed by atoms with Gasteiger partial charge in [-0.05, 0) is 63.7 Å². The average Bonchev–Trinajstić information content (AvgIpc) is 3.41. The number of hydrazone groups is 1. The van der Waals surface area contributed by atoms with Crippen molar-refractivity contribution in [1.29, 1.82) is 0 Å². The summed E-state index contributed by atoms with van der Waals surface area (Å²) in [7, 11) is 1.45. The fourth-order valence-electron chi connectivity index (χ4n) is 5.00. The van der Waals surface area contributed by atoms with Crippen LogP contribution in [0.3, 0.4) is 0 Å². The van der Waals surface area contributed by atoms with E-state index in [1.54, 1.807) is 12.1 Å². The summed E-state index contributed by atoms with van der Waals surface area (Å²) in [5, 5.41) is 15.1. The monoisotopic (exact) mass is 416 g/mol. The van der Waals surface area contributed by atoms with Gasteiger partial charge in [-0.1, -0.05) is 12.2 Å². The Balaban J connectivity index is 1.44. The second kappa shape index (κ2) is 5.42. The summed E-state index contributed by atoms with van der Waals surface area (Å²) in [5.74, 6) is 0.926. The minimum Gasteiger partial charge on any atom is -0.503 e. The van der Waals surface area contributed by atoms with Crippen LogP contribution in [0.15, 0.2) is 33.9 Å². The second-order valence-corrected chi connectivity index (χ2v) is 8.30. The van der Waals surface area contributed by atoms with Crippen LogP contribution in [-0.2, 0) is 9.59 Å². The molecular weight excluding hydrogens is 400 g/mol. The minimum absolute atomic E-state index is 0.00845. The fourth-order valence-corrected chi connectivity index (χ4v) is 5.46. The van der Waals surface area contributed by atoms with Gasteiger partial charge in [-0.15, -0.1) is 0 Å². The second-order valence-electron chi connectivity index (χ2n) is 7.44. The summed E-state index contributed by atoms with van der Waals surface area (Å²) < 4.78 is 5.57. The van der Waals surface area contributed by atoms with E-state index >= 15 is 0 Å². The van der Waals surface area contributed by atoms with Crippen molar-refractivity contribution in [2.75, 3.05) is 7.11 Å². The number of ether oxygens (including phenoxy) is 1. The SMILES string of the molecule is COc1cc(C=NN2C(=O)[C@@H]3[C@H]4C=C[C@@H]([C@@H]5C[C@H]45)[C@H]3C2=O)cc(Br)c1O. The molecule has 2 bridgehead atoms. The molecule has 1 aliphatic heterocycles. The van der Waals surface area contributed by atoms with Gasteiger partial charge in [-0.25, -0.2) is 0 Å². The van der Waals surface area contributed by atoms with Crippen LogP contribution >= 0.6 is 15.9 Å². The maximum atomic E-state index is 12.9. The van der Waals surface area contributed by atoms with Crippen molar-refractivity contribution >= 4 is 34.0 Å². The van der Waals surface area contributed by atoms with Crippen molar-refractivity contribution in [3.8, 4) is 11.5 Å². The highest BCUT2D eigenvalue weighted by atomic mass is 79.9. The summed E-state index contributed by atoms with van der Waals surface area (Å²) in [4.78, 5) is 25.7. The largest absolute Gasteiger partial charge is 0.503 e. The summed E-state index contributed by atoms with van der Waals surface area (Å²) >= 11 is 3.25. The highest BCUT2D eigenvalue weighted by Crippen LogP contribution is 2.65. The number of amides is 2. The van der Waals surface area contributed by atoms with Crippen LogP contribution in [0.5, 0.6) is 11.5 Å². The number of rotatable bonds is 3. The number of phenols is 1. The summed E-state index contributed by atoms with van der Waals surface area (Å²) in [6, 6.07) is 3.25. The molecule has 2 saturated carbocycles. The van der Waals surface area contributed by atoms with Crippen LogP contribution in [0.4, 0.5) is 0 Å². The first-order valence-electron chi connectivity index (χ1n) is 8.68. The average molecular weight is 417 g/mol. The molecule has 6 atom stereocenters. The molecule has 0 aromatic heterocycles. The van der Waals surface area contributed by atoms with E-state index in [0.717, 1.165) is 11.4 Å². The van der Waals surface area contributed by atoms with Gasteiger partial charge in [0.15, 0.2) is 11.5 Å². The van der Waals surface area contributed by atoms with Gasteiger partial charge in [0.05, 0.1) is 29.6 Å². The highest BCUT2D eigenvalue weighted by Gasteiger charge is 2.67. The van der Waals surface area contributed by atoms with Gasteiger partial charge in [0.2, 0.25) is 0 Å². The molecule has 1 N–H and O–H groups in total. The number of nitrogens with zero attached hydrogens (tertiary/aromatic N) is 2. The third kappa shape index (κ3) is 2.06. The topological polar surface area (TPSA) is 79.2 Å². The van der Waals surface area contributed by atoms with Crippen LogP contribution < -0.4 is 4.74 Å². The molecule has 0 spiro atoms. The third-order valence-corrected chi connectivity index (χ3v) is 6.84. The highest BCUT2D eigenvalue weighted by molar-refractivity contribution is 9.10. The zero-order valence-electron chi connectivity index (χ0n) is 14.0. The van der Waals surface area contributed by atoms with E-state index in [0.29, 0.717) is 21.9 Å². The number of methoxy groups -OCH3 is 1. The number of phenolic OH excluding ortho intramolecular Hbond substituents is 1. The standard InChI is InChI=1S/C19H17BrN2O4/c1-26-14-5-8(4-13(20)17(14)23)7-21-22-18(24)15-9-2-3-10(12-6-11(9)12)16(15)19(22)25/h2-5,7,9-12,15-16,23H,6H2,1H3/t9-,10-,11-,12+,15+,16+/m0/s1. The Kier molecular flexibility index (Phi) is 3.35. The van der Waals surface area contributed by atoms with E-state index in [2.05, 4.69) is 33.2 Å². The normalized spacial score (nSPS) is 36.6. The first-order chi connectivity index (χ1) is 12.5. The van der Waals surface area contributed by atoms with Crippen molar-refractivity contribution in [3.05, 3.63) is 34.3 Å². The predicted molar refractivity (Wildman–Crippen MR) is 96.5 cm³/mol. The lowest BCUT2D eigenvalue weighted by Crippen LogP contribution is -2.40. The number of carbonyl (C=O) groups excluding carboxylic acids is 2. The smallest absolute Gasteiger partial charge is 0.254 e. The number of hydrogen-bond acceptors (Lipinski definition) is 5. The molecule has 1 saturated heterocycles. The van der Waals surface area contributed by atoms with Gasteiger partial charge in [0.1, 0.15) is 0 Å². The molecule has 3 fully saturated rings. The van der Waals surface area contributed by atoms with E-state index in [1.807, 2.05) is 0 Å². The zero-order valence-corrected chi connectivity index (χ0v) is 15.6. The number of hydrogen-bond donors (Lipinski definition) is 1. The molecule has 1 aromatic carbocycles. The van der Waals surface area contributed by atoms with E-state index in [4.69, 9.17) is 4.74 Å². The summed E-state index contributed by atoms with van der Waals surface area (Å²) in [6.45, 7) is 0. The van der Waals surface area contributed by atoms with Crippen LogP contribution in [0.25, 0.3) is 0 Å². The van der Waals surface area contributed by atoms with Gasteiger partial charge in [0.25, 0.3) is 11.8 Å². The van der Waals surface area contributed by atoms with Crippen molar-refractivity contribution in [2.45, 2.75) is 6.42 Å². The van der Waals surface area contributed by atoms with Crippen molar-refractivity contribution < 1.29 is 19.4 Å². The van der Waals surface area contributed by atoms with Crippen LogP contribution in [0, 0.1) is 35.5 Å². The maximum Gasteiger partial charge on any atom is 0.254 e. The van der Waals surface area contributed by atoms with E-state index in [1.165, 1.54) is 13.3 Å². The molecular formula is C19H17BrN2O4. The van der Waals surface area contributed by atoms with Gasteiger partial charge < -0.3 is 9.84 Å². The lowest BCUT2D eigenvalue weighted by molar-refractivity contribution is -0.140. The van der Waals surface area contributed by atoms with Crippen LogP contribution in [-0.4, -0.2) is 35.3 Å². The van der Waals surface area contributed by atoms with E-state index in [-0.39, 0.29) is 47.0 Å². The molecule has 4 aliphatic carbocycles. The van der Waals surface area contributed by atoms with Gasteiger partial charge >= 0.3 is 0 Å². The number of carbonyl (C=O) groups is 2. The summed E-state index contributed by atoms with van der Waals surface area (Å²) in [6.07, 6.45) is 6.87. The van der Waals surface area contributed by atoms with E-state index in [9.17, 15) is 14.7 Å². The van der Waals surface area contributed by atoms with Crippen LogP contribution in [0.2, 0.25) is 0 Å². The molecule has 5 aliphatic rings. The van der Waals surface area contributed by atoms with Crippen LogP contribution in [0.1, 0.15) is 12.0 Å². The number of imide groups is 1. The lowest BCUT2D eigenvalue weighted by atomic mass is 9.63. The third-order valence-electron chi connectivity index (χ3n) is 6.23.